The van der Waals surface area contributed by atoms with Gasteiger partial charge in [-0.25, -0.2) is 4.79 Å². The zero-order valence-electron chi connectivity index (χ0n) is 24.0. The fourth-order valence-electron chi connectivity index (χ4n) is 5.38. The number of ether oxygens (including phenoxy) is 5. The first-order valence-electron chi connectivity index (χ1n) is 14.3. The molecule has 2 fully saturated rings. The molecule has 9 nitrogen and oxygen atoms in total. The van der Waals surface area contributed by atoms with E-state index in [0.717, 1.165) is 16.7 Å². The largest absolute Gasteiger partial charge is 0.445 e. The van der Waals surface area contributed by atoms with E-state index in [1.54, 1.807) is 13.8 Å². The lowest BCUT2D eigenvalue weighted by molar-refractivity contribution is -0.234. The third kappa shape index (κ3) is 7.55. The molecule has 2 aliphatic heterocycles. The fraction of sp³-hybridized carbons (Fsp3) is 0.424. The summed E-state index contributed by atoms with van der Waals surface area (Å²) in [6.45, 7) is 3.84. The van der Waals surface area contributed by atoms with E-state index in [9.17, 15) is 15.0 Å². The molecule has 2 aliphatic rings. The van der Waals surface area contributed by atoms with Gasteiger partial charge in [0.2, 0.25) is 0 Å². The second kappa shape index (κ2) is 13.8. The Kier molecular flexibility index (Phi) is 9.89. The molecule has 0 saturated carbocycles. The van der Waals surface area contributed by atoms with Crippen LogP contribution in [-0.4, -0.2) is 70.9 Å². The topological polar surface area (TPSA) is 107 Å². The first-order chi connectivity index (χ1) is 20.3. The van der Waals surface area contributed by atoms with Gasteiger partial charge in [-0.3, -0.25) is 0 Å². The molecule has 224 valence electrons. The molecule has 0 radical (unpaired) electrons. The van der Waals surface area contributed by atoms with E-state index in [0.29, 0.717) is 0 Å². The van der Waals surface area contributed by atoms with E-state index < -0.39 is 55.1 Å². The maximum atomic E-state index is 13.3. The highest BCUT2D eigenvalue weighted by Gasteiger charge is 2.58. The Morgan fingerprint density at radius 3 is 2.05 bits per heavy atom. The highest BCUT2D eigenvalue weighted by molar-refractivity contribution is 5.67. The van der Waals surface area contributed by atoms with E-state index in [-0.39, 0.29) is 26.3 Å². The van der Waals surface area contributed by atoms with Crippen LogP contribution in [0.1, 0.15) is 30.5 Å². The van der Waals surface area contributed by atoms with E-state index in [1.807, 2.05) is 91.0 Å². The number of benzene rings is 3. The van der Waals surface area contributed by atoms with Gasteiger partial charge in [0.15, 0.2) is 12.1 Å². The predicted octanol–water partition coefficient (Wildman–Crippen LogP) is 4.26. The molecule has 6 atom stereocenters. The number of aliphatic hydroxyl groups excluding tert-OH is 2. The van der Waals surface area contributed by atoms with Crippen molar-refractivity contribution in [2.45, 2.75) is 70.1 Å². The van der Waals surface area contributed by atoms with Gasteiger partial charge in [-0.2, -0.15) is 0 Å². The first kappa shape index (κ1) is 30.2. The zero-order valence-corrected chi connectivity index (χ0v) is 24.0. The highest BCUT2D eigenvalue weighted by atomic mass is 16.8. The molecular weight excluding hydrogens is 538 g/mol. The lowest BCUT2D eigenvalue weighted by Gasteiger charge is -2.34. The van der Waals surface area contributed by atoms with E-state index in [4.69, 9.17) is 23.7 Å². The molecule has 0 bridgehead atoms. The van der Waals surface area contributed by atoms with Crippen LogP contribution in [-0.2, 0) is 43.4 Å². The Labute approximate surface area is 246 Å². The lowest BCUT2D eigenvalue weighted by atomic mass is 9.93. The SMILES string of the molecule is CC1(C)O[C@H]2O[C@H]([C@H](O)[C@@H](CO)CN(Cc3ccccc3)C(=O)OCc3ccccc3)[C@H](OCc3ccccc3)[C@H]2O1. The van der Waals surface area contributed by atoms with Crippen LogP contribution in [0.5, 0.6) is 0 Å². The van der Waals surface area contributed by atoms with Crippen LogP contribution in [0.3, 0.4) is 0 Å². The maximum absolute atomic E-state index is 13.3. The van der Waals surface area contributed by atoms with Crippen LogP contribution in [0.25, 0.3) is 0 Å². The fourth-order valence-corrected chi connectivity index (χ4v) is 5.38. The summed E-state index contributed by atoms with van der Waals surface area (Å²) in [5, 5.41) is 22.1. The Hall–Kier alpha value is -3.31. The molecule has 2 heterocycles. The Balaban J connectivity index is 1.31. The second-order valence-electron chi connectivity index (χ2n) is 11.2. The smallest absolute Gasteiger partial charge is 0.410 e. The van der Waals surface area contributed by atoms with Gasteiger partial charge in [0.05, 0.1) is 19.3 Å². The minimum Gasteiger partial charge on any atom is -0.445 e. The molecule has 2 saturated heterocycles. The highest BCUT2D eigenvalue weighted by Crippen LogP contribution is 2.41. The van der Waals surface area contributed by atoms with Crippen molar-refractivity contribution in [3.63, 3.8) is 0 Å². The Morgan fingerprint density at radius 1 is 0.881 bits per heavy atom. The standard InChI is InChI=1S/C33H39NO8/c1-33(2)41-30-29(38-21-24-14-8-4-9-15-24)28(40-31(30)42-33)27(36)26(20-35)19-34(18-23-12-6-3-7-13-23)32(37)39-22-25-16-10-5-11-17-25/h3-17,26-31,35-36H,18-22H2,1-2H3/t26-,27-,28-,29+,30-,31-/m1/s1. The van der Waals surface area contributed by atoms with Gasteiger partial charge in [0.25, 0.3) is 0 Å². The monoisotopic (exact) mass is 577 g/mol. The summed E-state index contributed by atoms with van der Waals surface area (Å²) in [6, 6.07) is 28.6. The average Bonchev–Trinajstić information content (AvgIpc) is 3.49. The van der Waals surface area contributed by atoms with Crippen molar-refractivity contribution in [1.29, 1.82) is 0 Å². The quantitative estimate of drug-likeness (QED) is 0.329. The molecule has 0 aliphatic carbocycles. The number of rotatable bonds is 12. The molecule has 9 heteroatoms. The van der Waals surface area contributed by atoms with Crippen LogP contribution in [0, 0.1) is 5.92 Å². The molecular formula is C33H39NO8. The van der Waals surface area contributed by atoms with Gasteiger partial charge in [0, 0.05) is 19.0 Å². The molecule has 42 heavy (non-hydrogen) atoms. The molecule has 5 rings (SSSR count). The van der Waals surface area contributed by atoms with Gasteiger partial charge >= 0.3 is 6.09 Å². The number of hydrogen-bond acceptors (Lipinski definition) is 8. The lowest BCUT2D eigenvalue weighted by Crippen LogP contribution is -2.49. The summed E-state index contributed by atoms with van der Waals surface area (Å²) in [5.74, 6) is -1.64. The number of nitrogens with zero attached hydrogens (tertiary/aromatic N) is 1. The van der Waals surface area contributed by atoms with Crippen LogP contribution < -0.4 is 0 Å². The maximum Gasteiger partial charge on any atom is 0.410 e. The van der Waals surface area contributed by atoms with Crippen LogP contribution in [0.2, 0.25) is 0 Å². The number of aliphatic hydroxyl groups is 2. The molecule has 0 unspecified atom stereocenters. The van der Waals surface area contributed by atoms with Crippen LogP contribution in [0.15, 0.2) is 91.0 Å². The Bertz CT molecular complexity index is 1260. The summed E-state index contributed by atoms with van der Waals surface area (Å²) in [4.78, 5) is 14.8. The summed E-state index contributed by atoms with van der Waals surface area (Å²) in [6.07, 6.45) is -4.60. The second-order valence-corrected chi connectivity index (χ2v) is 11.2. The van der Waals surface area contributed by atoms with Gasteiger partial charge in [-0.1, -0.05) is 91.0 Å². The van der Waals surface area contributed by atoms with Crippen molar-refractivity contribution in [2.24, 2.45) is 5.92 Å². The summed E-state index contributed by atoms with van der Waals surface area (Å²) in [5.41, 5.74) is 2.71. The zero-order chi connectivity index (χ0) is 29.5. The summed E-state index contributed by atoms with van der Waals surface area (Å²) >= 11 is 0. The van der Waals surface area contributed by atoms with E-state index in [2.05, 4.69) is 0 Å². The first-order valence-corrected chi connectivity index (χ1v) is 14.3. The normalized spacial score (nSPS) is 24.1. The number of fused-ring (bicyclic) bond motifs is 1. The predicted molar refractivity (Wildman–Crippen MR) is 154 cm³/mol. The van der Waals surface area contributed by atoms with Crippen molar-refractivity contribution in [3.8, 4) is 0 Å². The molecule has 3 aromatic carbocycles. The van der Waals surface area contributed by atoms with Gasteiger partial charge in [-0.05, 0) is 30.5 Å². The number of amides is 1. The molecule has 2 N–H and O–H groups in total. The third-order valence-corrected chi connectivity index (χ3v) is 7.50. The van der Waals surface area contributed by atoms with Crippen LogP contribution in [0.4, 0.5) is 4.79 Å². The van der Waals surface area contributed by atoms with Crippen molar-refractivity contribution in [1.82, 2.24) is 4.90 Å². The molecule has 1 amide bonds. The summed E-state index contributed by atoms with van der Waals surface area (Å²) in [7, 11) is 0. The van der Waals surface area contributed by atoms with Gasteiger partial charge in [-0.15, -0.1) is 0 Å². The minimum atomic E-state index is -1.20. The number of carbonyl (C=O) groups is 1. The van der Waals surface area contributed by atoms with E-state index >= 15 is 0 Å². The van der Waals surface area contributed by atoms with Gasteiger partial charge < -0.3 is 38.8 Å². The Morgan fingerprint density at radius 2 is 1.45 bits per heavy atom. The molecule has 0 aromatic heterocycles. The average molecular weight is 578 g/mol. The summed E-state index contributed by atoms with van der Waals surface area (Å²) < 4.78 is 30.1. The minimum absolute atomic E-state index is 0.0218. The van der Waals surface area contributed by atoms with Crippen molar-refractivity contribution < 1.29 is 38.7 Å². The van der Waals surface area contributed by atoms with Gasteiger partial charge in [0.1, 0.15) is 24.9 Å². The third-order valence-electron chi connectivity index (χ3n) is 7.50. The number of carbonyl (C=O) groups excluding carboxylic acids is 1. The van der Waals surface area contributed by atoms with Crippen molar-refractivity contribution >= 4 is 6.09 Å². The molecule has 3 aromatic rings. The van der Waals surface area contributed by atoms with Crippen molar-refractivity contribution in [2.75, 3.05) is 13.2 Å². The number of hydrogen-bond donors (Lipinski definition) is 2. The van der Waals surface area contributed by atoms with Crippen molar-refractivity contribution in [3.05, 3.63) is 108 Å². The van der Waals surface area contributed by atoms with Crippen LogP contribution >= 0.6 is 0 Å². The van der Waals surface area contributed by atoms with E-state index in [1.165, 1.54) is 4.90 Å². The molecule has 0 spiro atoms.